The van der Waals surface area contributed by atoms with Crippen molar-refractivity contribution >= 4 is 35.3 Å². The molecule has 394 valence electrons. The summed E-state index contributed by atoms with van der Waals surface area (Å²) in [4.78, 5) is 82.2. The van der Waals surface area contributed by atoms with Crippen LogP contribution >= 0.6 is 0 Å². The first-order valence-corrected chi connectivity index (χ1v) is 25.3. The third-order valence-corrected chi connectivity index (χ3v) is 14.1. The van der Waals surface area contributed by atoms with Crippen molar-refractivity contribution in [2.45, 2.75) is 115 Å². The lowest BCUT2D eigenvalue weighted by Crippen LogP contribution is -2.57. The number of allylic oxidation sites excluding steroid dienone is 2. The quantitative estimate of drug-likeness (QED) is 0.0339. The highest BCUT2D eigenvalue weighted by atomic mass is 16.5. The first kappa shape index (κ1) is 56.6. The lowest BCUT2D eigenvalue weighted by atomic mass is 9.93. The van der Waals surface area contributed by atoms with Crippen LogP contribution in [-0.2, 0) is 73.8 Å². The Labute approximate surface area is 432 Å². The lowest BCUT2D eigenvalue weighted by Gasteiger charge is -2.33. The van der Waals surface area contributed by atoms with Gasteiger partial charge < -0.3 is 51.3 Å². The fraction of sp³-hybridized carbons (Fsp3) is 0.414. The average Bonchev–Trinajstić information content (AvgIpc) is 3.98. The maximum atomic E-state index is 14.7. The molecule has 0 bridgehead atoms. The molecule has 6 rings (SSSR count). The van der Waals surface area contributed by atoms with Gasteiger partial charge >= 0.3 is 11.9 Å². The maximum Gasteiger partial charge on any atom is 0.323 e. The molecule has 4 aromatic rings. The SMILES string of the molecule is CC[C@H](C)[C@H](N)C(=O)OC/C=C\C(=O)[C@@H]1Cc2ccccc2[C@H]1NC(=O)[C@H](OCc1ccccc1)[C@H](O)[C@@H](O)[C@@H](OCc1ccccc1)C(=O)N[C@@H]1c2ccccc2C[C@H]1C(=O)/C=C\COC(=O)[C@@H](N)[C@@H](C)CC. The number of rotatable bonds is 27. The highest BCUT2D eigenvalue weighted by Crippen LogP contribution is 2.39. The molecule has 4 aromatic carbocycles. The number of carbonyl (C=O) groups excluding carboxylic acids is 6. The number of esters is 2. The molecule has 2 amide bonds. The number of ketones is 2. The third kappa shape index (κ3) is 14.8. The summed E-state index contributed by atoms with van der Waals surface area (Å²) in [7, 11) is 0. The summed E-state index contributed by atoms with van der Waals surface area (Å²) in [6, 6.07) is 28.7. The van der Waals surface area contributed by atoms with Crippen LogP contribution in [-0.4, -0.2) is 95.2 Å². The summed E-state index contributed by atoms with van der Waals surface area (Å²) in [5.41, 5.74) is 16.2. The number of nitrogens with two attached hydrogens (primary N) is 2. The standard InChI is InChI=1S/C58H70N4O12/c1-5-35(3)47(59)57(69)71-29-17-27-45(63)43-31-39-23-13-15-25-41(39)49(43)61-55(67)53(73-33-37-19-9-7-10-20-37)51(65)52(66)54(74-34-38-21-11-8-12-22-38)56(68)62-50-42-26-16-14-24-40(42)32-44(50)46(64)28-18-30-72-58(70)48(60)36(4)6-2/h7-28,35-36,43-44,47-54,65-66H,5-6,29-34,59-60H2,1-4H3,(H,61,67)(H,62,68)/b27-17-,28-18-/t35-,36-,43-,44-,47-,48-,49+,50+,51+,52+,53+,54+/m0/s1. The summed E-state index contributed by atoms with van der Waals surface area (Å²) in [5, 5.41) is 30.3. The van der Waals surface area contributed by atoms with Crippen LogP contribution in [0, 0.1) is 23.7 Å². The highest BCUT2D eigenvalue weighted by Gasteiger charge is 2.45. The van der Waals surface area contributed by atoms with Gasteiger partial charge in [-0.2, -0.15) is 0 Å². The van der Waals surface area contributed by atoms with Crippen molar-refractivity contribution < 1.29 is 57.9 Å². The van der Waals surface area contributed by atoms with E-state index < -0.39 is 84.2 Å². The molecule has 0 saturated carbocycles. The van der Waals surface area contributed by atoms with Crippen LogP contribution < -0.4 is 22.1 Å². The zero-order valence-corrected chi connectivity index (χ0v) is 42.4. The highest BCUT2D eigenvalue weighted by molar-refractivity contribution is 5.95. The van der Waals surface area contributed by atoms with Gasteiger partial charge in [-0.1, -0.05) is 150 Å². The van der Waals surface area contributed by atoms with Crippen molar-refractivity contribution in [2.75, 3.05) is 13.2 Å². The fourth-order valence-electron chi connectivity index (χ4n) is 9.09. The second-order valence-electron chi connectivity index (χ2n) is 19.1. The number of nitrogens with one attached hydrogen (secondary N) is 2. The van der Waals surface area contributed by atoms with Crippen LogP contribution in [0.2, 0.25) is 0 Å². The van der Waals surface area contributed by atoms with Crippen molar-refractivity contribution in [3.63, 3.8) is 0 Å². The molecule has 16 heteroatoms. The molecular weight excluding hydrogens is 945 g/mol. The molecule has 74 heavy (non-hydrogen) atoms. The van der Waals surface area contributed by atoms with E-state index in [9.17, 15) is 39.0 Å². The fourth-order valence-corrected chi connectivity index (χ4v) is 9.09. The van der Waals surface area contributed by atoms with Gasteiger partial charge in [0.25, 0.3) is 11.8 Å². The number of carbonyl (C=O) groups is 6. The van der Waals surface area contributed by atoms with Crippen LogP contribution in [0.15, 0.2) is 133 Å². The Hall–Kier alpha value is -6.66. The molecule has 0 aromatic heterocycles. The van der Waals surface area contributed by atoms with Gasteiger partial charge in [-0.3, -0.25) is 28.8 Å². The Kier molecular flexibility index (Phi) is 21.1. The number of ether oxygens (including phenoxy) is 4. The van der Waals surface area contributed by atoms with Gasteiger partial charge in [0.15, 0.2) is 23.8 Å². The first-order chi connectivity index (χ1) is 35.6. The molecule has 0 unspecified atom stereocenters. The number of amides is 2. The summed E-state index contributed by atoms with van der Waals surface area (Å²) in [6.45, 7) is 6.74. The number of aliphatic hydroxyl groups excluding tert-OH is 2. The van der Waals surface area contributed by atoms with Crippen LogP contribution in [0.5, 0.6) is 0 Å². The van der Waals surface area contributed by atoms with Gasteiger partial charge in [0.05, 0.1) is 37.1 Å². The second-order valence-corrected chi connectivity index (χ2v) is 19.1. The number of benzene rings is 4. The van der Waals surface area contributed by atoms with Crippen molar-refractivity contribution in [3.05, 3.63) is 167 Å². The van der Waals surface area contributed by atoms with E-state index in [1.54, 1.807) is 84.9 Å². The average molecular weight is 1020 g/mol. The van der Waals surface area contributed by atoms with E-state index in [1.165, 1.54) is 24.3 Å². The predicted molar refractivity (Wildman–Crippen MR) is 276 cm³/mol. The van der Waals surface area contributed by atoms with E-state index in [-0.39, 0.29) is 62.7 Å². The normalized spacial score (nSPS) is 20.3. The summed E-state index contributed by atoms with van der Waals surface area (Å²) in [6.07, 6.45) is -0.589. The Morgan fingerprint density at radius 3 is 1.28 bits per heavy atom. The summed E-state index contributed by atoms with van der Waals surface area (Å²) < 4.78 is 23.0. The molecule has 2 aliphatic rings. The monoisotopic (exact) mass is 1010 g/mol. The number of aliphatic hydroxyl groups is 2. The largest absolute Gasteiger partial charge is 0.460 e. The molecule has 0 spiro atoms. The smallest absolute Gasteiger partial charge is 0.323 e. The molecule has 2 aliphatic carbocycles. The van der Waals surface area contributed by atoms with Gasteiger partial charge in [-0.15, -0.1) is 0 Å². The van der Waals surface area contributed by atoms with Gasteiger partial charge in [-0.25, -0.2) is 0 Å². The Balaban J connectivity index is 1.25. The minimum atomic E-state index is -2.11. The molecule has 0 heterocycles. The Bertz CT molecular complexity index is 2410. The molecular formula is C58H70N4O12. The molecule has 0 fully saturated rings. The van der Waals surface area contributed by atoms with Gasteiger partial charge in [0.1, 0.15) is 37.5 Å². The van der Waals surface area contributed by atoms with Gasteiger partial charge in [0.2, 0.25) is 0 Å². The van der Waals surface area contributed by atoms with Gasteiger partial charge in [-0.05, 0) is 82.4 Å². The molecule has 0 aliphatic heterocycles. The second kappa shape index (κ2) is 27.6. The maximum absolute atomic E-state index is 14.7. The number of hydrogen-bond donors (Lipinski definition) is 6. The van der Waals surface area contributed by atoms with E-state index in [0.717, 1.165) is 11.1 Å². The van der Waals surface area contributed by atoms with Crippen molar-refractivity contribution in [2.24, 2.45) is 35.1 Å². The lowest BCUT2D eigenvalue weighted by molar-refractivity contribution is -0.171. The molecule has 0 saturated heterocycles. The summed E-state index contributed by atoms with van der Waals surface area (Å²) in [5.74, 6) is -5.52. The third-order valence-electron chi connectivity index (χ3n) is 14.1. The van der Waals surface area contributed by atoms with Crippen molar-refractivity contribution in [1.82, 2.24) is 10.6 Å². The zero-order chi connectivity index (χ0) is 53.3. The van der Waals surface area contributed by atoms with E-state index in [1.807, 2.05) is 52.0 Å². The Morgan fingerprint density at radius 1 is 0.568 bits per heavy atom. The van der Waals surface area contributed by atoms with Gasteiger partial charge in [0, 0.05) is 0 Å². The topological polar surface area (TPSA) is 256 Å². The van der Waals surface area contributed by atoms with E-state index in [4.69, 9.17) is 30.4 Å². The predicted octanol–water partition coefficient (Wildman–Crippen LogP) is 5.02. The van der Waals surface area contributed by atoms with E-state index >= 15 is 0 Å². The van der Waals surface area contributed by atoms with Crippen LogP contribution in [0.3, 0.4) is 0 Å². The van der Waals surface area contributed by atoms with Crippen molar-refractivity contribution in [1.29, 1.82) is 0 Å². The van der Waals surface area contributed by atoms with Crippen LogP contribution in [0.25, 0.3) is 0 Å². The zero-order valence-electron chi connectivity index (χ0n) is 42.4. The minimum Gasteiger partial charge on any atom is -0.460 e. The first-order valence-electron chi connectivity index (χ1n) is 25.3. The molecule has 8 N–H and O–H groups in total. The summed E-state index contributed by atoms with van der Waals surface area (Å²) >= 11 is 0. The number of fused-ring (bicyclic) bond motifs is 2. The molecule has 16 nitrogen and oxygen atoms in total. The Morgan fingerprint density at radius 2 is 0.919 bits per heavy atom. The van der Waals surface area contributed by atoms with E-state index in [0.29, 0.717) is 35.1 Å². The minimum absolute atomic E-state index is 0.0971. The molecule has 12 atom stereocenters. The van der Waals surface area contributed by atoms with Crippen LogP contribution in [0.4, 0.5) is 0 Å². The molecule has 0 radical (unpaired) electrons. The number of hydrogen-bond acceptors (Lipinski definition) is 14. The van der Waals surface area contributed by atoms with Crippen LogP contribution in [0.1, 0.15) is 86.0 Å². The van der Waals surface area contributed by atoms with Crippen molar-refractivity contribution in [3.8, 4) is 0 Å². The van der Waals surface area contributed by atoms with E-state index in [2.05, 4.69) is 10.6 Å².